The number of hydrogen-bond donors (Lipinski definition) is 2. The molecule has 0 atom stereocenters. The highest BCUT2D eigenvalue weighted by atomic mass is 19.1. The number of aromatic nitrogens is 1. The van der Waals surface area contributed by atoms with Gasteiger partial charge in [0.1, 0.15) is 5.82 Å². The molecule has 2 heterocycles. The maximum atomic E-state index is 13.3. The molecule has 2 aromatic carbocycles. The van der Waals surface area contributed by atoms with Crippen molar-refractivity contribution in [1.29, 1.82) is 0 Å². The molecular formula is C22H19FN2O3. The zero-order chi connectivity index (χ0) is 19.5. The standard InChI is InChI=1S/C22H19FN2O3/c23-15-4-2-14(3-5-15)22(8-9-22)21(28)25-10-7-19-17(12-25)16-11-13(20(26)27)1-6-18(16)24-19/h1-6,11,24H,7-10,12H2,(H,26,27). The Hall–Kier alpha value is -3.15. The lowest BCUT2D eigenvalue weighted by atomic mass is 9.93. The van der Waals surface area contributed by atoms with Crippen LogP contribution in [0.15, 0.2) is 42.5 Å². The van der Waals surface area contributed by atoms with Crippen molar-refractivity contribution in [2.75, 3.05) is 6.54 Å². The van der Waals surface area contributed by atoms with Crippen LogP contribution in [0.5, 0.6) is 0 Å². The van der Waals surface area contributed by atoms with Gasteiger partial charge in [0.05, 0.1) is 11.0 Å². The number of H-pyrrole nitrogens is 1. The van der Waals surface area contributed by atoms with E-state index in [2.05, 4.69) is 4.98 Å². The minimum atomic E-state index is -0.964. The summed E-state index contributed by atoms with van der Waals surface area (Å²) in [5.41, 5.74) is 3.52. The number of amides is 1. The van der Waals surface area contributed by atoms with Crippen molar-refractivity contribution in [3.05, 3.63) is 70.7 Å². The molecule has 5 rings (SSSR count). The van der Waals surface area contributed by atoms with Crippen molar-refractivity contribution >= 4 is 22.8 Å². The van der Waals surface area contributed by atoms with Crippen LogP contribution in [-0.4, -0.2) is 33.4 Å². The number of nitrogens with one attached hydrogen (secondary N) is 1. The van der Waals surface area contributed by atoms with E-state index in [0.29, 0.717) is 19.5 Å². The Morgan fingerprint density at radius 3 is 2.54 bits per heavy atom. The smallest absolute Gasteiger partial charge is 0.335 e. The molecule has 0 spiro atoms. The van der Waals surface area contributed by atoms with E-state index in [-0.39, 0.29) is 17.3 Å². The highest BCUT2D eigenvalue weighted by molar-refractivity contribution is 5.96. The molecule has 2 aliphatic rings. The summed E-state index contributed by atoms with van der Waals surface area (Å²) in [6, 6.07) is 11.3. The third-order valence-electron chi connectivity index (χ3n) is 6.07. The number of carboxylic acids is 1. The fourth-order valence-electron chi connectivity index (χ4n) is 4.34. The van der Waals surface area contributed by atoms with Crippen LogP contribution in [0.1, 0.15) is 40.0 Å². The number of benzene rings is 2. The zero-order valence-corrected chi connectivity index (χ0v) is 15.2. The number of carboxylic acid groups (broad SMARTS) is 1. The van der Waals surface area contributed by atoms with Crippen LogP contribution >= 0.6 is 0 Å². The van der Waals surface area contributed by atoms with Crippen molar-refractivity contribution in [3.8, 4) is 0 Å². The zero-order valence-electron chi connectivity index (χ0n) is 15.2. The number of nitrogens with zero attached hydrogens (tertiary/aromatic N) is 1. The first-order valence-corrected chi connectivity index (χ1v) is 9.40. The number of carbonyl (C=O) groups excluding carboxylic acids is 1. The first-order chi connectivity index (χ1) is 13.5. The van der Waals surface area contributed by atoms with Crippen molar-refractivity contribution in [3.63, 3.8) is 0 Å². The monoisotopic (exact) mass is 378 g/mol. The van der Waals surface area contributed by atoms with Gasteiger partial charge in [-0.3, -0.25) is 4.79 Å². The van der Waals surface area contributed by atoms with Gasteiger partial charge in [0.15, 0.2) is 0 Å². The van der Waals surface area contributed by atoms with E-state index in [1.165, 1.54) is 12.1 Å². The molecule has 0 bridgehead atoms. The van der Waals surface area contributed by atoms with Gasteiger partial charge in [-0.25, -0.2) is 9.18 Å². The van der Waals surface area contributed by atoms with E-state index >= 15 is 0 Å². The Morgan fingerprint density at radius 2 is 1.86 bits per heavy atom. The molecule has 2 N–H and O–H groups in total. The van der Waals surface area contributed by atoms with Gasteiger partial charge in [-0.1, -0.05) is 12.1 Å². The molecule has 1 aromatic heterocycles. The van der Waals surface area contributed by atoms with Gasteiger partial charge < -0.3 is 15.0 Å². The Balaban J connectivity index is 1.47. The van der Waals surface area contributed by atoms with Crippen LogP contribution in [0.2, 0.25) is 0 Å². The molecule has 1 saturated carbocycles. The summed E-state index contributed by atoms with van der Waals surface area (Å²) in [4.78, 5) is 29.9. The molecule has 0 radical (unpaired) electrons. The number of hydrogen-bond acceptors (Lipinski definition) is 2. The second-order valence-corrected chi connectivity index (χ2v) is 7.71. The number of halogens is 1. The van der Waals surface area contributed by atoms with Crippen molar-refractivity contribution in [2.24, 2.45) is 0 Å². The average molecular weight is 378 g/mol. The first-order valence-electron chi connectivity index (χ1n) is 9.40. The predicted octanol–water partition coefficient (Wildman–Crippen LogP) is 3.62. The molecule has 3 aromatic rings. The number of aromatic amines is 1. The summed E-state index contributed by atoms with van der Waals surface area (Å²) in [7, 11) is 0. The molecule has 6 heteroatoms. The lowest BCUT2D eigenvalue weighted by molar-refractivity contribution is -0.134. The van der Waals surface area contributed by atoms with Gasteiger partial charge in [0.2, 0.25) is 5.91 Å². The molecule has 5 nitrogen and oxygen atoms in total. The van der Waals surface area contributed by atoms with E-state index in [9.17, 15) is 19.1 Å². The number of fused-ring (bicyclic) bond motifs is 3. The van der Waals surface area contributed by atoms with Crippen molar-refractivity contribution in [2.45, 2.75) is 31.2 Å². The van der Waals surface area contributed by atoms with E-state index in [1.807, 2.05) is 4.90 Å². The van der Waals surface area contributed by atoms with E-state index < -0.39 is 11.4 Å². The van der Waals surface area contributed by atoms with E-state index in [1.54, 1.807) is 30.3 Å². The second kappa shape index (κ2) is 5.92. The Bertz CT molecular complexity index is 1110. The third kappa shape index (κ3) is 2.52. The highest BCUT2D eigenvalue weighted by Crippen LogP contribution is 2.50. The SMILES string of the molecule is O=C(O)c1ccc2[nH]c3c(c2c1)CN(C(=O)C1(c2ccc(F)cc2)CC1)CC3. The Morgan fingerprint density at radius 1 is 1.11 bits per heavy atom. The van der Waals surface area contributed by atoms with Crippen LogP contribution in [0.4, 0.5) is 4.39 Å². The summed E-state index contributed by atoms with van der Waals surface area (Å²) in [6.07, 6.45) is 2.26. The average Bonchev–Trinajstić information content (AvgIpc) is 3.43. The molecule has 28 heavy (non-hydrogen) atoms. The molecular weight excluding hydrogens is 359 g/mol. The van der Waals surface area contributed by atoms with Crippen molar-refractivity contribution < 1.29 is 19.1 Å². The maximum absolute atomic E-state index is 13.3. The molecule has 1 fully saturated rings. The van der Waals surface area contributed by atoms with Crippen LogP contribution in [0, 0.1) is 5.82 Å². The van der Waals surface area contributed by atoms with Crippen LogP contribution in [0.25, 0.3) is 10.9 Å². The van der Waals surface area contributed by atoms with Crippen LogP contribution < -0.4 is 0 Å². The number of rotatable bonds is 3. The predicted molar refractivity (Wildman–Crippen MR) is 102 cm³/mol. The molecule has 1 aliphatic carbocycles. The lowest BCUT2D eigenvalue weighted by Crippen LogP contribution is -2.42. The van der Waals surface area contributed by atoms with Crippen LogP contribution in [-0.2, 0) is 23.2 Å². The Labute approximate surface area is 160 Å². The summed E-state index contributed by atoms with van der Waals surface area (Å²) < 4.78 is 13.3. The first kappa shape index (κ1) is 17.0. The molecule has 1 amide bonds. The Kier molecular flexibility index (Phi) is 3.59. The third-order valence-corrected chi connectivity index (χ3v) is 6.07. The number of aromatic carboxylic acids is 1. The molecule has 1 aliphatic heterocycles. The summed E-state index contributed by atoms with van der Waals surface area (Å²) in [6.45, 7) is 1.08. The maximum Gasteiger partial charge on any atom is 0.335 e. The minimum absolute atomic E-state index is 0.0773. The summed E-state index contributed by atoms with van der Waals surface area (Å²) >= 11 is 0. The lowest BCUT2D eigenvalue weighted by Gasteiger charge is -2.31. The fraction of sp³-hybridized carbons (Fsp3) is 0.273. The van der Waals surface area contributed by atoms with Gasteiger partial charge >= 0.3 is 5.97 Å². The summed E-state index contributed by atoms with van der Waals surface area (Å²) in [5, 5.41) is 10.1. The number of carbonyl (C=O) groups is 2. The van der Waals surface area contributed by atoms with E-state index in [4.69, 9.17) is 0 Å². The quantitative estimate of drug-likeness (QED) is 0.731. The van der Waals surface area contributed by atoms with Gasteiger partial charge in [-0.2, -0.15) is 0 Å². The summed E-state index contributed by atoms with van der Waals surface area (Å²) in [5.74, 6) is -1.19. The highest BCUT2D eigenvalue weighted by Gasteiger charge is 2.53. The molecule has 142 valence electrons. The second-order valence-electron chi connectivity index (χ2n) is 7.71. The fourth-order valence-corrected chi connectivity index (χ4v) is 4.34. The van der Waals surface area contributed by atoms with Gasteiger partial charge in [0.25, 0.3) is 0 Å². The molecule has 0 unspecified atom stereocenters. The minimum Gasteiger partial charge on any atom is -0.478 e. The largest absolute Gasteiger partial charge is 0.478 e. The molecule has 0 saturated heterocycles. The van der Waals surface area contributed by atoms with Crippen molar-refractivity contribution in [1.82, 2.24) is 9.88 Å². The normalized spacial score (nSPS) is 17.4. The topological polar surface area (TPSA) is 73.4 Å². The van der Waals surface area contributed by atoms with Gasteiger partial charge in [-0.05, 0) is 48.7 Å². The van der Waals surface area contributed by atoms with Crippen LogP contribution in [0.3, 0.4) is 0 Å². The van der Waals surface area contributed by atoms with Gasteiger partial charge in [0, 0.05) is 41.7 Å². The van der Waals surface area contributed by atoms with E-state index in [0.717, 1.165) is 40.6 Å². The van der Waals surface area contributed by atoms with Gasteiger partial charge in [-0.15, -0.1) is 0 Å².